The number of rotatable bonds is 5. The molecule has 0 spiro atoms. The summed E-state index contributed by atoms with van der Waals surface area (Å²) < 4.78 is 2.37. The molecule has 0 bridgehead atoms. The number of anilines is 3. The van der Waals surface area contributed by atoms with Gasteiger partial charge in [-0.05, 0) is 47.1 Å². The van der Waals surface area contributed by atoms with Gasteiger partial charge in [0, 0.05) is 48.5 Å². The zero-order chi connectivity index (χ0) is 22.8. The molecule has 8 nitrogen and oxygen atoms in total. The van der Waals surface area contributed by atoms with Crippen LogP contribution in [0, 0.1) is 11.3 Å². The van der Waals surface area contributed by atoms with Gasteiger partial charge >= 0.3 is 0 Å². The SMILES string of the molecule is CC(Nc1cc(=O)n(C)c2ccc(Nc3ccnc(Cl)c3C#N)cc12)c1ncc(Br)cn1. The summed E-state index contributed by atoms with van der Waals surface area (Å²) in [6, 6.07) is 10.6. The highest BCUT2D eigenvalue weighted by atomic mass is 79.9. The molecule has 0 aliphatic rings. The monoisotopic (exact) mass is 509 g/mol. The molecule has 10 heteroatoms. The molecule has 160 valence electrons. The first-order valence-electron chi connectivity index (χ1n) is 9.56. The molecule has 1 unspecified atom stereocenters. The van der Waals surface area contributed by atoms with E-state index < -0.39 is 0 Å². The molecule has 3 aromatic heterocycles. The van der Waals surface area contributed by atoms with Crippen LogP contribution in [0.3, 0.4) is 0 Å². The number of aromatic nitrogens is 4. The Morgan fingerprint density at radius 3 is 2.62 bits per heavy atom. The first-order valence-corrected chi connectivity index (χ1v) is 10.7. The number of benzene rings is 1. The summed E-state index contributed by atoms with van der Waals surface area (Å²) in [5.41, 5.74) is 2.79. The van der Waals surface area contributed by atoms with Crippen LogP contribution >= 0.6 is 27.5 Å². The lowest BCUT2D eigenvalue weighted by Crippen LogP contribution is -2.19. The number of pyridine rings is 2. The lowest BCUT2D eigenvalue weighted by molar-refractivity contribution is 0.786. The van der Waals surface area contributed by atoms with Gasteiger partial charge < -0.3 is 15.2 Å². The van der Waals surface area contributed by atoms with E-state index in [2.05, 4.69) is 47.6 Å². The average Bonchev–Trinajstić information content (AvgIpc) is 2.78. The predicted octanol–water partition coefficient (Wildman–Crippen LogP) is 4.93. The van der Waals surface area contributed by atoms with Crippen molar-refractivity contribution >= 4 is 55.5 Å². The topological polar surface area (TPSA) is 109 Å². The van der Waals surface area contributed by atoms with Crippen molar-refractivity contribution < 1.29 is 0 Å². The highest BCUT2D eigenvalue weighted by Gasteiger charge is 2.14. The van der Waals surface area contributed by atoms with Crippen molar-refractivity contribution in [3.63, 3.8) is 0 Å². The first kappa shape index (κ1) is 21.7. The van der Waals surface area contributed by atoms with E-state index >= 15 is 0 Å². The molecule has 1 atom stereocenters. The molecule has 0 saturated carbocycles. The van der Waals surface area contributed by atoms with Gasteiger partial charge in [0.15, 0.2) is 0 Å². The molecule has 32 heavy (non-hydrogen) atoms. The van der Waals surface area contributed by atoms with Gasteiger partial charge in [-0.25, -0.2) is 15.0 Å². The fourth-order valence-electron chi connectivity index (χ4n) is 3.30. The molecule has 0 amide bonds. The molecule has 4 aromatic rings. The van der Waals surface area contributed by atoms with E-state index in [1.54, 1.807) is 36.1 Å². The summed E-state index contributed by atoms with van der Waals surface area (Å²) in [6.07, 6.45) is 4.89. The lowest BCUT2D eigenvalue weighted by atomic mass is 10.1. The van der Waals surface area contributed by atoms with Gasteiger partial charge in [0.05, 0.1) is 21.7 Å². The van der Waals surface area contributed by atoms with Crippen molar-refractivity contribution in [2.75, 3.05) is 10.6 Å². The van der Waals surface area contributed by atoms with Crippen molar-refractivity contribution in [1.29, 1.82) is 5.26 Å². The largest absolute Gasteiger partial charge is 0.375 e. The third-order valence-electron chi connectivity index (χ3n) is 4.94. The Bertz CT molecular complexity index is 1410. The number of nitrogens with one attached hydrogen (secondary N) is 2. The molecular weight excluding hydrogens is 494 g/mol. The van der Waals surface area contributed by atoms with Crippen molar-refractivity contribution in [2.24, 2.45) is 7.05 Å². The van der Waals surface area contributed by atoms with E-state index in [9.17, 15) is 10.1 Å². The minimum Gasteiger partial charge on any atom is -0.375 e. The van der Waals surface area contributed by atoms with Crippen LogP contribution in [0.5, 0.6) is 0 Å². The Hall–Kier alpha value is -3.48. The molecule has 0 aliphatic carbocycles. The predicted molar refractivity (Wildman–Crippen MR) is 128 cm³/mol. The summed E-state index contributed by atoms with van der Waals surface area (Å²) in [7, 11) is 1.72. The maximum atomic E-state index is 12.5. The summed E-state index contributed by atoms with van der Waals surface area (Å²) in [5.74, 6) is 0.599. The van der Waals surface area contributed by atoms with Gasteiger partial charge in [0.25, 0.3) is 5.56 Å². The zero-order valence-corrected chi connectivity index (χ0v) is 19.4. The number of nitriles is 1. The van der Waals surface area contributed by atoms with E-state index in [-0.39, 0.29) is 22.3 Å². The Balaban J connectivity index is 1.76. The Labute approximate surface area is 197 Å². The number of aryl methyl sites for hydroxylation is 1. The van der Waals surface area contributed by atoms with Crippen molar-refractivity contribution in [3.8, 4) is 6.07 Å². The number of halogens is 2. The summed E-state index contributed by atoms with van der Waals surface area (Å²) in [4.78, 5) is 25.1. The van der Waals surface area contributed by atoms with Gasteiger partial charge in [-0.1, -0.05) is 11.6 Å². The van der Waals surface area contributed by atoms with E-state index in [1.165, 1.54) is 6.20 Å². The average molecular weight is 511 g/mol. The normalized spacial score (nSPS) is 11.7. The van der Waals surface area contributed by atoms with Gasteiger partial charge in [0.2, 0.25) is 0 Å². The highest BCUT2D eigenvalue weighted by molar-refractivity contribution is 9.10. The van der Waals surface area contributed by atoms with Gasteiger partial charge in [-0.2, -0.15) is 5.26 Å². The smallest absolute Gasteiger partial charge is 0.252 e. The van der Waals surface area contributed by atoms with Crippen molar-refractivity contribution in [2.45, 2.75) is 13.0 Å². The molecule has 0 radical (unpaired) electrons. The molecule has 0 saturated heterocycles. The number of hydrogen-bond donors (Lipinski definition) is 2. The Morgan fingerprint density at radius 1 is 1.16 bits per heavy atom. The summed E-state index contributed by atoms with van der Waals surface area (Å²) in [6.45, 7) is 1.92. The molecular formula is C22H17BrClN7O. The molecule has 4 rings (SSSR count). The van der Waals surface area contributed by atoms with Gasteiger partial charge in [0.1, 0.15) is 22.6 Å². The van der Waals surface area contributed by atoms with E-state index in [4.69, 9.17) is 11.6 Å². The van der Waals surface area contributed by atoms with Crippen LogP contribution in [0.15, 0.2) is 58.2 Å². The summed E-state index contributed by atoms with van der Waals surface area (Å²) >= 11 is 9.38. The van der Waals surface area contributed by atoms with Gasteiger partial charge in [-0.3, -0.25) is 4.79 Å². The fourth-order valence-corrected chi connectivity index (χ4v) is 3.71. The molecule has 2 N–H and O–H groups in total. The molecule has 0 aliphatic heterocycles. The van der Waals surface area contributed by atoms with E-state index in [1.807, 2.05) is 25.1 Å². The second kappa shape index (κ2) is 8.94. The summed E-state index contributed by atoms with van der Waals surface area (Å²) in [5, 5.41) is 16.9. The zero-order valence-electron chi connectivity index (χ0n) is 17.1. The molecule has 1 aromatic carbocycles. The van der Waals surface area contributed by atoms with Crippen LogP contribution in [0.2, 0.25) is 5.15 Å². The number of nitrogens with zero attached hydrogens (tertiary/aromatic N) is 5. The van der Waals surface area contributed by atoms with E-state index in [0.717, 1.165) is 21.1 Å². The van der Waals surface area contributed by atoms with Gasteiger partial charge in [-0.15, -0.1) is 0 Å². The maximum Gasteiger partial charge on any atom is 0.252 e. The highest BCUT2D eigenvalue weighted by Crippen LogP contribution is 2.30. The second-order valence-electron chi connectivity index (χ2n) is 7.07. The molecule has 3 heterocycles. The quantitative estimate of drug-likeness (QED) is 0.367. The van der Waals surface area contributed by atoms with Crippen LogP contribution in [0.25, 0.3) is 10.9 Å². The van der Waals surface area contributed by atoms with Crippen LogP contribution in [-0.4, -0.2) is 19.5 Å². The van der Waals surface area contributed by atoms with Crippen molar-refractivity contribution in [1.82, 2.24) is 19.5 Å². The standard InChI is InChI=1S/C22H17BrClN7O/c1-12(22-27-10-13(23)11-28-22)29-18-8-20(32)31(2)19-4-3-14(7-15(18)19)30-17-5-6-26-21(24)16(17)9-25/h3-8,10-12,29H,1-2H3,(H,26,30). The van der Waals surface area contributed by atoms with Crippen LogP contribution < -0.4 is 16.2 Å². The Kier molecular flexibility index (Phi) is 6.08. The minimum atomic E-state index is -0.237. The third kappa shape index (κ3) is 4.28. The Morgan fingerprint density at radius 2 is 1.91 bits per heavy atom. The maximum absolute atomic E-state index is 12.5. The lowest BCUT2D eigenvalue weighted by Gasteiger charge is -2.18. The minimum absolute atomic E-state index is 0.131. The second-order valence-corrected chi connectivity index (χ2v) is 8.35. The van der Waals surface area contributed by atoms with E-state index in [0.29, 0.717) is 17.2 Å². The molecule has 0 fully saturated rings. The van der Waals surface area contributed by atoms with Crippen LogP contribution in [0.4, 0.5) is 17.1 Å². The van der Waals surface area contributed by atoms with Crippen LogP contribution in [-0.2, 0) is 7.05 Å². The fraction of sp³-hybridized carbons (Fsp3) is 0.136. The van der Waals surface area contributed by atoms with Crippen molar-refractivity contribution in [3.05, 3.63) is 80.3 Å². The number of hydrogen-bond acceptors (Lipinski definition) is 7. The van der Waals surface area contributed by atoms with Crippen LogP contribution in [0.1, 0.15) is 24.4 Å². The number of fused-ring (bicyclic) bond motifs is 1. The third-order valence-corrected chi connectivity index (χ3v) is 5.64. The first-order chi connectivity index (χ1) is 15.4.